The van der Waals surface area contributed by atoms with Crippen molar-refractivity contribution >= 4 is 0 Å². The fourth-order valence-electron chi connectivity index (χ4n) is 4.85. The number of hydrogen-bond donors (Lipinski definition) is 0. The summed E-state index contributed by atoms with van der Waals surface area (Å²) >= 11 is 0. The second-order valence-electron chi connectivity index (χ2n) is 11.6. The van der Waals surface area contributed by atoms with Crippen LogP contribution >= 0.6 is 0 Å². The third kappa shape index (κ3) is 6.07. The Labute approximate surface area is 237 Å². The van der Waals surface area contributed by atoms with E-state index in [0.29, 0.717) is 22.3 Å². The Morgan fingerprint density at radius 2 is 1.47 bits per heavy atom. The van der Waals surface area contributed by atoms with Gasteiger partial charge in [-0.3, -0.25) is 0 Å². The fraction of sp³-hybridized carbons (Fsp3) is 0.361. The quantitative estimate of drug-likeness (QED) is 0.225. The van der Waals surface area contributed by atoms with E-state index in [9.17, 15) is 7.13 Å². The number of aryl methyl sites for hydroxylation is 2. The van der Waals surface area contributed by atoms with Crippen LogP contribution in [0.5, 0.6) is 0 Å². The standard InChI is InChI=1S/C36H43FN/c1-23(2)32-19-29(27-12-10-26(11-13-27)22-36(6,7)8)20-33(24(3)4)35(32)28-16-17-38(9)34(21-28)31-15-14-30(37)18-25(31)5/h10-21,23-24H,22H2,1-9H3/q+1/i12D,13D,22D2,23D,24D. The molecule has 0 aliphatic rings. The van der Waals surface area contributed by atoms with Crippen molar-refractivity contribution in [1.29, 1.82) is 0 Å². The average Bonchev–Trinajstić information content (AvgIpc) is 2.87. The van der Waals surface area contributed by atoms with E-state index < -0.39 is 23.6 Å². The Morgan fingerprint density at radius 3 is 2.00 bits per heavy atom. The molecule has 4 aromatic rings. The first-order chi connectivity index (χ1) is 20.0. The second-order valence-corrected chi connectivity index (χ2v) is 11.6. The highest BCUT2D eigenvalue weighted by atomic mass is 19.1. The molecule has 0 radical (unpaired) electrons. The Bertz CT molecular complexity index is 1680. The molecular formula is C36H43FN+. The van der Waals surface area contributed by atoms with Crippen LogP contribution in [0.1, 0.15) is 90.7 Å². The van der Waals surface area contributed by atoms with Crippen molar-refractivity contribution in [3.05, 3.63) is 101 Å². The van der Waals surface area contributed by atoms with E-state index >= 15 is 0 Å². The second kappa shape index (κ2) is 10.8. The van der Waals surface area contributed by atoms with Crippen molar-refractivity contribution in [2.45, 2.75) is 73.6 Å². The van der Waals surface area contributed by atoms with E-state index in [1.807, 2.05) is 49.0 Å². The van der Waals surface area contributed by atoms with Gasteiger partial charge in [0.15, 0.2) is 6.20 Å². The molecule has 0 atom stereocenters. The predicted molar refractivity (Wildman–Crippen MR) is 160 cm³/mol. The number of rotatable bonds is 6. The Kier molecular flexibility index (Phi) is 5.90. The summed E-state index contributed by atoms with van der Waals surface area (Å²) in [5, 5.41) is 0. The first-order valence-electron chi connectivity index (χ1n) is 16.1. The molecule has 3 aromatic carbocycles. The third-order valence-corrected chi connectivity index (χ3v) is 6.67. The van der Waals surface area contributed by atoms with Crippen LogP contribution in [0.4, 0.5) is 4.39 Å². The highest BCUT2D eigenvalue weighted by molar-refractivity contribution is 5.80. The molecule has 0 saturated heterocycles. The van der Waals surface area contributed by atoms with Gasteiger partial charge in [-0.25, -0.2) is 8.96 Å². The van der Waals surface area contributed by atoms with Gasteiger partial charge < -0.3 is 0 Å². The summed E-state index contributed by atoms with van der Waals surface area (Å²) in [6.07, 6.45) is 0.169. The van der Waals surface area contributed by atoms with Gasteiger partial charge in [-0.05, 0) is 93.2 Å². The smallest absolute Gasteiger partial charge is 0.207 e. The maximum atomic E-state index is 13.9. The lowest BCUT2D eigenvalue weighted by Crippen LogP contribution is -2.30. The molecule has 0 amide bonds. The molecule has 38 heavy (non-hydrogen) atoms. The summed E-state index contributed by atoms with van der Waals surface area (Å²) in [5.41, 5.74) is 5.80. The number of nitrogens with zero attached hydrogens (tertiary/aromatic N) is 1. The maximum Gasteiger partial charge on any atom is 0.213 e. The van der Waals surface area contributed by atoms with E-state index in [-0.39, 0.29) is 23.5 Å². The van der Waals surface area contributed by atoms with E-state index in [0.717, 1.165) is 27.9 Å². The fourth-order valence-corrected chi connectivity index (χ4v) is 4.85. The van der Waals surface area contributed by atoms with Crippen molar-refractivity contribution in [2.75, 3.05) is 0 Å². The van der Waals surface area contributed by atoms with E-state index in [2.05, 4.69) is 0 Å². The molecule has 4 rings (SSSR count). The molecule has 1 aromatic heterocycles. The van der Waals surface area contributed by atoms with E-state index in [1.165, 1.54) is 24.3 Å². The molecule has 0 saturated carbocycles. The van der Waals surface area contributed by atoms with Crippen LogP contribution in [0, 0.1) is 18.2 Å². The zero-order valence-electron chi connectivity index (χ0n) is 30.1. The van der Waals surface area contributed by atoms with Crippen molar-refractivity contribution in [3.63, 3.8) is 0 Å². The monoisotopic (exact) mass is 514 g/mol. The van der Waals surface area contributed by atoms with Gasteiger partial charge in [-0.2, -0.15) is 0 Å². The molecule has 0 fully saturated rings. The number of hydrogen-bond acceptors (Lipinski definition) is 0. The summed E-state index contributed by atoms with van der Waals surface area (Å²) < 4.78 is 69.5. The Balaban J connectivity index is 2.04. The van der Waals surface area contributed by atoms with Gasteiger partial charge in [-0.1, -0.05) is 84.8 Å². The van der Waals surface area contributed by atoms with Crippen molar-refractivity contribution in [1.82, 2.24) is 0 Å². The van der Waals surface area contributed by atoms with Crippen LogP contribution in [-0.4, -0.2) is 0 Å². The summed E-state index contributed by atoms with van der Waals surface area (Å²) in [6, 6.07) is 15.4. The zero-order chi connectivity index (χ0) is 33.2. The molecule has 0 spiro atoms. The largest absolute Gasteiger partial charge is 0.213 e. The Morgan fingerprint density at radius 1 is 0.868 bits per heavy atom. The van der Waals surface area contributed by atoms with Gasteiger partial charge in [0, 0.05) is 23.2 Å². The lowest BCUT2D eigenvalue weighted by Gasteiger charge is -2.23. The molecular weight excluding hydrogens is 465 g/mol. The molecule has 2 heteroatoms. The lowest BCUT2D eigenvalue weighted by molar-refractivity contribution is -0.660. The van der Waals surface area contributed by atoms with Crippen LogP contribution < -0.4 is 4.57 Å². The van der Waals surface area contributed by atoms with Gasteiger partial charge in [0.1, 0.15) is 12.9 Å². The minimum Gasteiger partial charge on any atom is -0.207 e. The molecule has 0 aliphatic heterocycles. The van der Waals surface area contributed by atoms with Crippen LogP contribution in [-0.2, 0) is 13.4 Å². The first kappa shape index (κ1) is 20.7. The summed E-state index contributed by atoms with van der Waals surface area (Å²) in [6.45, 7) is 14.4. The average molecular weight is 515 g/mol. The lowest BCUT2D eigenvalue weighted by atomic mass is 9.82. The van der Waals surface area contributed by atoms with Gasteiger partial charge in [0.25, 0.3) is 0 Å². The zero-order valence-corrected chi connectivity index (χ0v) is 24.1. The molecule has 198 valence electrons. The minimum atomic E-state index is -1.76. The highest BCUT2D eigenvalue weighted by Gasteiger charge is 2.22. The van der Waals surface area contributed by atoms with Crippen molar-refractivity contribution in [2.24, 2.45) is 12.5 Å². The molecule has 0 aliphatic carbocycles. The van der Waals surface area contributed by atoms with Crippen molar-refractivity contribution in [3.8, 4) is 33.5 Å². The predicted octanol–water partition coefficient (Wildman–Crippen LogP) is 9.80. The highest BCUT2D eigenvalue weighted by Crippen LogP contribution is 2.40. The number of pyridine rings is 1. The SMILES string of the molecule is [2H]c1cc(C([2H])([2H])C(C)(C)C)cc([2H])c1-c1cc(C([2H])(C)C)c(-c2cc[n+](C)c(-c3ccc(F)cc3C)c2)c(C([2H])(C)C)c1. The normalized spacial score (nSPS) is 15.2. The molecule has 1 heterocycles. The van der Waals surface area contributed by atoms with Crippen molar-refractivity contribution < 1.29 is 17.2 Å². The number of benzene rings is 3. The number of aromatic nitrogens is 1. The number of halogens is 1. The van der Waals surface area contributed by atoms with Gasteiger partial charge in [-0.15, -0.1) is 0 Å². The first-order valence-corrected chi connectivity index (χ1v) is 13.1. The van der Waals surface area contributed by atoms with Gasteiger partial charge >= 0.3 is 0 Å². The van der Waals surface area contributed by atoms with Crippen LogP contribution in [0.3, 0.4) is 0 Å². The van der Waals surface area contributed by atoms with Gasteiger partial charge in [0.05, 0.1) is 2.74 Å². The topological polar surface area (TPSA) is 3.88 Å². The van der Waals surface area contributed by atoms with Gasteiger partial charge in [0.2, 0.25) is 5.69 Å². The summed E-state index contributed by atoms with van der Waals surface area (Å²) in [7, 11) is 1.92. The summed E-state index contributed by atoms with van der Waals surface area (Å²) in [5.74, 6) is -2.52. The summed E-state index contributed by atoms with van der Waals surface area (Å²) in [4.78, 5) is 0. The van der Waals surface area contributed by atoms with E-state index in [4.69, 9.17) is 5.48 Å². The molecule has 0 unspecified atom stereocenters. The van der Waals surface area contributed by atoms with Crippen LogP contribution in [0.2, 0.25) is 0 Å². The molecule has 0 bridgehead atoms. The Hall–Kier alpha value is -3.26. The van der Waals surface area contributed by atoms with E-state index in [1.54, 1.807) is 54.5 Å². The minimum absolute atomic E-state index is 0.0247. The molecule has 1 nitrogen and oxygen atoms in total. The third-order valence-electron chi connectivity index (χ3n) is 6.67. The maximum absolute atomic E-state index is 13.9. The van der Waals surface area contributed by atoms with Crippen LogP contribution in [0.15, 0.2) is 72.9 Å². The van der Waals surface area contributed by atoms with Crippen LogP contribution in [0.25, 0.3) is 33.5 Å². The molecule has 0 N–H and O–H groups in total.